The lowest BCUT2D eigenvalue weighted by Gasteiger charge is -2.38. The summed E-state index contributed by atoms with van der Waals surface area (Å²) in [5.41, 5.74) is 2.76. The van der Waals surface area contributed by atoms with E-state index in [0.29, 0.717) is 0 Å². The van der Waals surface area contributed by atoms with Gasteiger partial charge in [0.25, 0.3) is 10.0 Å². The van der Waals surface area contributed by atoms with Gasteiger partial charge in [-0.25, -0.2) is 12.8 Å². The molecule has 3 atom stereocenters. The van der Waals surface area contributed by atoms with Crippen LogP contribution in [0.5, 0.6) is 5.75 Å². The topological polar surface area (TPSA) is 67.4 Å². The van der Waals surface area contributed by atoms with Crippen molar-refractivity contribution in [1.29, 1.82) is 0 Å². The fraction of sp³-hybridized carbons (Fsp3) is 0.200. The first-order chi connectivity index (χ1) is 15.9. The molecule has 0 radical (unpaired) electrons. The normalized spacial score (nSPS) is 21.1. The van der Waals surface area contributed by atoms with Gasteiger partial charge in [0.2, 0.25) is 0 Å². The Bertz CT molecular complexity index is 1360. The van der Waals surface area contributed by atoms with E-state index in [1.165, 1.54) is 18.2 Å². The Morgan fingerprint density at radius 3 is 2.70 bits per heavy atom. The summed E-state index contributed by atoms with van der Waals surface area (Å²) in [6, 6.07) is 16.7. The Kier molecular flexibility index (Phi) is 5.66. The van der Waals surface area contributed by atoms with E-state index in [-0.39, 0.29) is 28.5 Å². The second-order valence-electron chi connectivity index (χ2n) is 8.20. The van der Waals surface area contributed by atoms with Crippen molar-refractivity contribution < 1.29 is 17.5 Å². The summed E-state index contributed by atoms with van der Waals surface area (Å²) in [5, 5.41) is 3.61. The highest BCUT2D eigenvalue weighted by molar-refractivity contribution is 9.10. The van der Waals surface area contributed by atoms with E-state index >= 15 is 0 Å². The molecule has 0 unspecified atom stereocenters. The Labute approximate surface area is 200 Å². The third kappa shape index (κ3) is 4.02. The SMILES string of the molecule is COc1ccc(Br)cc1[C@H]1Nc2ccc(S(=O)(=O)Nc3ccccc3F)cc2[C@H]2C=CC[C@H]21. The molecule has 33 heavy (non-hydrogen) atoms. The maximum Gasteiger partial charge on any atom is 0.261 e. The zero-order chi connectivity index (χ0) is 23.2. The van der Waals surface area contributed by atoms with E-state index < -0.39 is 15.8 Å². The molecule has 8 heteroatoms. The van der Waals surface area contributed by atoms with E-state index in [1.807, 2.05) is 12.1 Å². The molecule has 170 valence electrons. The molecular formula is C25H22BrFN2O3S. The molecule has 0 bridgehead atoms. The average molecular weight is 529 g/mol. The van der Waals surface area contributed by atoms with Gasteiger partial charge < -0.3 is 10.1 Å². The molecule has 0 saturated heterocycles. The van der Waals surface area contributed by atoms with Crippen LogP contribution in [-0.2, 0) is 10.0 Å². The number of anilines is 2. The maximum absolute atomic E-state index is 14.0. The largest absolute Gasteiger partial charge is 0.496 e. The highest BCUT2D eigenvalue weighted by Gasteiger charge is 2.39. The summed E-state index contributed by atoms with van der Waals surface area (Å²) in [5.74, 6) is 0.445. The Morgan fingerprint density at radius 2 is 1.91 bits per heavy atom. The van der Waals surface area contributed by atoms with Crippen LogP contribution >= 0.6 is 15.9 Å². The summed E-state index contributed by atoms with van der Waals surface area (Å²) in [4.78, 5) is 0.101. The Hall–Kier alpha value is -2.84. The number of sulfonamides is 1. The van der Waals surface area contributed by atoms with Crippen molar-refractivity contribution in [2.45, 2.75) is 23.3 Å². The van der Waals surface area contributed by atoms with Crippen LogP contribution in [0, 0.1) is 11.7 Å². The smallest absolute Gasteiger partial charge is 0.261 e. The van der Waals surface area contributed by atoms with Gasteiger partial charge >= 0.3 is 0 Å². The fourth-order valence-corrected chi connectivity index (χ4v) is 6.22. The number of rotatable bonds is 5. The van der Waals surface area contributed by atoms with Crippen LogP contribution in [-0.4, -0.2) is 15.5 Å². The van der Waals surface area contributed by atoms with Crippen molar-refractivity contribution in [3.63, 3.8) is 0 Å². The van der Waals surface area contributed by atoms with E-state index in [0.717, 1.165) is 33.5 Å². The molecule has 2 aliphatic rings. The fourth-order valence-electron chi connectivity index (χ4n) is 4.74. The summed E-state index contributed by atoms with van der Waals surface area (Å²) in [7, 11) is -2.29. The van der Waals surface area contributed by atoms with Gasteiger partial charge in [0.1, 0.15) is 11.6 Å². The second-order valence-corrected chi connectivity index (χ2v) is 10.8. The Morgan fingerprint density at radius 1 is 1.09 bits per heavy atom. The number of nitrogens with one attached hydrogen (secondary N) is 2. The first-order valence-corrected chi connectivity index (χ1v) is 12.8. The third-order valence-corrected chi connectivity index (χ3v) is 8.15. The molecule has 1 aliphatic heterocycles. The first-order valence-electron chi connectivity index (χ1n) is 10.6. The molecule has 1 heterocycles. The minimum absolute atomic E-state index is 0.00365. The molecule has 3 aromatic carbocycles. The lowest BCUT2D eigenvalue weighted by molar-refractivity contribution is 0.381. The number of para-hydroxylation sites is 1. The lowest BCUT2D eigenvalue weighted by Crippen LogP contribution is -2.29. The summed E-state index contributed by atoms with van der Waals surface area (Å²) in [6.45, 7) is 0. The molecule has 0 spiro atoms. The van der Waals surface area contributed by atoms with E-state index in [4.69, 9.17) is 4.74 Å². The summed E-state index contributed by atoms with van der Waals surface area (Å²) in [6.07, 6.45) is 5.15. The number of methoxy groups -OCH3 is 1. The number of ether oxygens (including phenoxy) is 1. The van der Waals surface area contributed by atoms with Gasteiger partial charge in [0.15, 0.2) is 0 Å². The standard InChI is InChI=1S/C25H22BrFN2O3S/c1-32-24-12-9-15(26)13-20(24)25-18-6-4-5-17(18)19-14-16(10-11-22(19)28-25)33(30,31)29-23-8-3-2-7-21(23)27/h2-5,7-14,17-18,25,28-29H,6H2,1H3/t17-,18+,25-/m0/s1. The molecule has 0 fully saturated rings. The van der Waals surface area contributed by atoms with Crippen molar-refractivity contribution in [1.82, 2.24) is 0 Å². The molecule has 5 rings (SSSR count). The van der Waals surface area contributed by atoms with E-state index in [9.17, 15) is 12.8 Å². The molecule has 0 saturated carbocycles. The molecule has 3 aromatic rings. The van der Waals surface area contributed by atoms with Gasteiger partial charge in [-0.2, -0.15) is 0 Å². The predicted molar refractivity (Wildman–Crippen MR) is 131 cm³/mol. The first kappa shape index (κ1) is 22.0. The van der Waals surface area contributed by atoms with Crippen LogP contribution in [0.1, 0.15) is 29.5 Å². The number of hydrogen-bond acceptors (Lipinski definition) is 4. The predicted octanol–water partition coefficient (Wildman–Crippen LogP) is 6.22. The number of benzene rings is 3. The van der Waals surface area contributed by atoms with Crippen LogP contribution in [0.15, 0.2) is 82.2 Å². The number of fused-ring (bicyclic) bond motifs is 3. The molecular weight excluding hydrogens is 507 g/mol. The van der Waals surface area contributed by atoms with Gasteiger partial charge in [-0.05, 0) is 66.4 Å². The highest BCUT2D eigenvalue weighted by atomic mass is 79.9. The van der Waals surface area contributed by atoms with E-state index in [1.54, 1.807) is 31.4 Å². The lowest BCUT2D eigenvalue weighted by atomic mass is 9.77. The zero-order valence-electron chi connectivity index (χ0n) is 17.8. The van der Waals surface area contributed by atoms with Gasteiger partial charge in [-0.1, -0.05) is 40.2 Å². The van der Waals surface area contributed by atoms with Crippen LogP contribution in [0.4, 0.5) is 15.8 Å². The minimum Gasteiger partial charge on any atom is -0.496 e. The summed E-state index contributed by atoms with van der Waals surface area (Å²) >= 11 is 3.56. The van der Waals surface area contributed by atoms with Crippen LogP contribution in [0.2, 0.25) is 0 Å². The summed E-state index contributed by atoms with van der Waals surface area (Å²) < 4.78 is 49.0. The van der Waals surface area contributed by atoms with E-state index in [2.05, 4.69) is 44.2 Å². The molecule has 2 N–H and O–H groups in total. The zero-order valence-corrected chi connectivity index (χ0v) is 20.2. The average Bonchev–Trinajstić information content (AvgIpc) is 3.30. The third-order valence-electron chi connectivity index (χ3n) is 6.29. The molecule has 1 aliphatic carbocycles. The second kappa shape index (κ2) is 8.50. The van der Waals surface area contributed by atoms with Crippen LogP contribution in [0.3, 0.4) is 0 Å². The van der Waals surface area contributed by atoms with Crippen molar-refractivity contribution in [2.75, 3.05) is 17.1 Å². The van der Waals surface area contributed by atoms with Crippen molar-refractivity contribution >= 4 is 37.3 Å². The number of hydrogen-bond donors (Lipinski definition) is 2. The Balaban J connectivity index is 1.52. The van der Waals surface area contributed by atoms with Crippen molar-refractivity contribution in [3.05, 3.63) is 94.2 Å². The van der Waals surface area contributed by atoms with Crippen molar-refractivity contribution in [2.24, 2.45) is 5.92 Å². The highest BCUT2D eigenvalue weighted by Crippen LogP contribution is 2.51. The quantitative estimate of drug-likeness (QED) is 0.385. The number of allylic oxidation sites excluding steroid dienone is 2. The van der Waals surface area contributed by atoms with Gasteiger partial charge in [0, 0.05) is 21.6 Å². The van der Waals surface area contributed by atoms with Crippen LogP contribution in [0.25, 0.3) is 0 Å². The number of halogens is 2. The molecule has 0 amide bonds. The van der Waals surface area contributed by atoms with Crippen LogP contribution < -0.4 is 14.8 Å². The minimum atomic E-state index is -3.95. The molecule has 5 nitrogen and oxygen atoms in total. The maximum atomic E-state index is 14.0. The molecule has 0 aromatic heterocycles. The monoisotopic (exact) mass is 528 g/mol. The van der Waals surface area contributed by atoms with Gasteiger partial charge in [0.05, 0.1) is 23.7 Å². The van der Waals surface area contributed by atoms with Gasteiger partial charge in [-0.15, -0.1) is 0 Å². The van der Waals surface area contributed by atoms with Crippen molar-refractivity contribution in [3.8, 4) is 5.75 Å². The van der Waals surface area contributed by atoms with Gasteiger partial charge in [-0.3, -0.25) is 4.72 Å².